The number of anilines is 3. The largest absolute Gasteiger partial charge is 0.489 e. The van der Waals surface area contributed by atoms with E-state index < -0.39 is 0 Å². The van der Waals surface area contributed by atoms with Crippen LogP contribution in [0.15, 0.2) is 66.9 Å². The second kappa shape index (κ2) is 8.71. The molecule has 0 spiro atoms. The van der Waals surface area contributed by atoms with Crippen molar-refractivity contribution in [3.8, 4) is 5.75 Å². The number of ether oxygens (including phenoxy) is 1. The Morgan fingerprint density at radius 2 is 1.68 bits per heavy atom. The van der Waals surface area contributed by atoms with Gasteiger partial charge in [0.05, 0.1) is 0 Å². The van der Waals surface area contributed by atoms with E-state index in [1.165, 1.54) is 0 Å². The van der Waals surface area contributed by atoms with E-state index in [2.05, 4.69) is 44.3 Å². The molecule has 1 saturated heterocycles. The van der Waals surface area contributed by atoms with E-state index in [1.807, 2.05) is 48.5 Å². The van der Waals surface area contributed by atoms with Gasteiger partial charge < -0.3 is 19.9 Å². The van der Waals surface area contributed by atoms with Crippen LogP contribution in [0.1, 0.15) is 5.56 Å². The minimum atomic E-state index is 0.563. The van der Waals surface area contributed by atoms with Gasteiger partial charge in [-0.15, -0.1) is 0 Å². The van der Waals surface area contributed by atoms with Crippen molar-refractivity contribution >= 4 is 17.5 Å². The Hall–Kier alpha value is -3.12. The van der Waals surface area contributed by atoms with Gasteiger partial charge >= 0.3 is 0 Å². The molecule has 1 aliphatic heterocycles. The third-order valence-electron chi connectivity index (χ3n) is 4.80. The number of piperazine rings is 1. The van der Waals surface area contributed by atoms with Gasteiger partial charge in [-0.3, -0.25) is 0 Å². The van der Waals surface area contributed by atoms with Gasteiger partial charge in [0.1, 0.15) is 18.2 Å². The molecule has 144 valence electrons. The summed E-state index contributed by atoms with van der Waals surface area (Å²) in [6.07, 6.45) is 1.81. The fourth-order valence-corrected chi connectivity index (χ4v) is 3.10. The standard InChI is InChI=1S/C22H25N5O/c1-26-13-15-27(16-14-26)22-23-12-11-21(25-22)24-19-7-9-20(10-8-19)28-17-18-5-3-2-4-6-18/h2-12H,13-17H2,1H3,(H,23,24,25). The maximum atomic E-state index is 5.84. The molecular weight excluding hydrogens is 350 g/mol. The summed E-state index contributed by atoms with van der Waals surface area (Å²) in [5, 5.41) is 3.35. The van der Waals surface area contributed by atoms with E-state index in [4.69, 9.17) is 4.74 Å². The molecule has 0 unspecified atom stereocenters. The first kappa shape index (κ1) is 18.3. The first-order valence-electron chi connectivity index (χ1n) is 9.57. The van der Waals surface area contributed by atoms with Gasteiger partial charge in [-0.05, 0) is 42.9 Å². The van der Waals surface area contributed by atoms with Crippen molar-refractivity contribution in [1.82, 2.24) is 14.9 Å². The van der Waals surface area contributed by atoms with E-state index in [9.17, 15) is 0 Å². The summed E-state index contributed by atoms with van der Waals surface area (Å²) in [6.45, 7) is 4.53. The van der Waals surface area contributed by atoms with Crippen LogP contribution in [-0.4, -0.2) is 48.1 Å². The van der Waals surface area contributed by atoms with Crippen LogP contribution in [-0.2, 0) is 6.61 Å². The zero-order valence-corrected chi connectivity index (χ0v) is 16.1. The van der Waals surface area contributed by atoms with Crippen LogP contribution in [0.2, 0.25) is 0 Å². The average molecular weight is 375 g/mol. The molecule has 0 bridgehead atoms. The van der Waals surface area contributed by atoms with Gasteiger partial charge in [0.15, 0.2) is 0 Å². The van der Waals surface area contributed by atoms with Gasteiger partial charge in [0.25, 0.3) is 0 Å². The Morgan fingerprint density at radius 3 is 2.43 bits per heavy atom. The lowest BCUT2D eigenvalue weighted by Gasteiger charge is -2.32. The van der Waals surface area contributed by atoms with Crippen LogP contribution in [0.25, 0.3) is 0 Å². The monoisotopic (exact) mass is 375 g/mol. The highest BCUT2D eigenvalue weighted by atomic mass is 16.5. The molecule has 0 aliphatic carbocycles. The first-order chi connectivity index (χ1) is 13.8. The molecule has 2 aromatic carbocycles. The van der Waals surface area contributed by atoms with Gasteiger partial charge in [0.2, 0.25) is 5.95 Å². The highest BCUT2D eigenvalue weighted by molar-refractivity contribution is 5.58. The van der Waals surface area contributed by atoms with Gasteiger partial charge in [-0.25, -0.2) is 4.98 Å². The summed E-state index contributed by atoms with van der Waals surface area (Å²) in [6, 6.07) is 20.0. The Morgan fingerprint density at radius 1 is 0.929 bits per heavy atom. The van der Waals surface area contributed by atoms with Crippen LogP contribution in [0.4, 0.5) is 17.5 Å². The molecule has 3 aromatic rings. The average Bonchev–Trinajstić information content (AvgIpc) is 2.75. The van der Waals surface area contributed by atoms with E-state index in [1.54, 1.807) is 6.20 Å². The normalized spacial score (nSPS) is 14.7. The van der Waals surface area contributed by atoms with Crippen LogP contribution >= 0.6 is 0 Å². The Labute approximate surface area is 165 Å². The smallest absolute Gasteiger partial charge is 0.227 e. The van der Waals surface area contributed by atoms with Gasteiger partial charge in [-0.2, -0.15) is 4.98 Å². The summed E-state index contributed by atoms with van der Waals surface area (Å²) < 4.78 is 5.84. The molecular formula is C22H25N5O. The molecule has 4 rings (SSSR count). The van der Waals surface area contributed by atoms with Crippen molar-refractivity contribution in [3.63, 3.8) is 0 Å². The fraction of sp³-hybridized carbons (Fsp3) is 0.273. The lowest BCUT2D eigenvalue weighted by molar-refractivity contribution is 0.306. The Kier molecular flexibility index (Phi) is 5.68. The molecule has 2 heterocycles. The van der Waals surface area contributed by atoms with Gasteiger partial charge in [0, 0.05) is 38.1 Å². The van der Waals surface area contributed by atoms with Crippen molar-refractivity contribution in [2.24, 2.45) is 0 Å². The highest BCUT2D eigenvalue weighted by Gasteiger charge is 2.16. The zero-order valence-electron chi connectivity index (χ0n) is 16.1. The summed E-state index contributed by atoms with van der Waals surface area (Å²) in [4.78, 5) is 13.6. The SMILES string of the molecule is CN1CCN(c2nccc(Nc3ccc(OCc4ccccc4)cc3)n2)CC1. The maximum absolute atomic E-state index is 5.84. The van der Waals surface area contributed by atoms with Crippen LogP contribution in [0, 0.1) is 0 Å². The van der Waals surface area contributed by atoms with E-state index in [0.717, 1.165) is 54.9 Å². The number of hydrogen-bond acceptors (Lipinski definition) is 6. The molecule has 28 heavy (non-hydrogen) atoms. The summed E-state index contributed by atoms with van der Waals surface area (Å²) >= 11 is 0. The van der Waals surface area contributed by atoms with Crippen LogP contribution in [0.5, 0.6) is 5.75 Å². The van der Waals surface area contributed by atoms with Gasteiger partial charge in [-0.1, -0.05) is 30.3 Å². The number of likely N-dealkylation sites (N-methyl/N-ethyl adjacent to an activating group) is 1. The van der Waals surface area contributed by atoms with Crippen molar-refractivity contribution < 1.29 is 4.74 Å². The molecule has 0 amide bonds. The molecule has 0 saturated carbocycles. The predicted molar refractivity (Wildman–Crippen MR) is 112 cm³/mol. The molecule has 6 heteroatoms. The number of benzene rings is 2. The fourth-order valence-electron chi connectivity index (χ4n) is 3.10. The van der Waals surface area contributed by atoms with E-state index in [0.29, 0.717) is 6.61 Å². The molecule has 0 radical (unpaired) electrons. The molecule has 0 atom stereocenters. The van der Waals surface area contributed by atoms with Crippen molar-refractivity contribution in [1.29, 1.82) is 0 Å². The van der Waals surface area contributed by atoms with E-state index >= 15 is 0 Å². The Balaban J connectivity index is 1.36. The second-order valence-corrected chi connectivity index (χ2v) is 6.96. The number of rotatable bonds is 6. The molecule has 1 aromatic heterocycles. The number of aromatic nitrogens is 2. The summed E-state index contributed by atoms with van der Waals surface area (Å²) in [7, 11) is 2.14. The van der Waals surface area contributed by atoms with E-state index in [-0.39, 0.29) is 0 Å². The number of nitrogens with zero attached hydrogens (tertiary/aromatic N) is 4. The van der Waals surface area contributed by atoms with Crippen LogP contribution in [0.3, 0.4) is 0 Å². The third kappa shape index (κ3) is 4.78. The molecule has 1 N–H and O–H groups in total. The maximum Gasteiger partial charge on any atom is 0.227 e. The minimum Gasteiger partial charge on any atom is -0.489 e. The first-order valence-corrected chi connectivity index (χ1v) is 9.57. The topological polar surface area (TPSA) is 53.5 Å². The molecule has 6 nitrogen and oxygen atoms in total. The highest BCUT2D eigenvalue weighted by Crippen LogP contribution is 2.21. The predicted octanol–water partition coefficient (Wildman–Crippen LogP) is 3.55. The second-order valence-electron chi connectivity index (χ2n) is 6.96. The Bertz CT molecular complexity index is 877. The lowest BCUT2D eigenvalue weighted by atomic mass is 10.2. The van der Waals surface area contributed by atoms with Crippen molar-refractivity contribution in [2.75, 3.05) is 43.4 Å². The minimum absolute atomic E-state index is 0.563. The lowest BCUT2D eigenvalue weighted by Crippen LogP contribution is -2.45. The van der Waals surface area contributed by atoms with Crippen molar-refractivity contribution in [2.45, 2.75) is 6.61 Å². The number of hydrogen-bond donors (Lipinski definition) is 1. The molecule has 1 aliphatic rings. The summed E-state index contributed by atoms with van der Waals surface area (Å²) in [5.74, 6) is 2.41. The quantitative estimate of drug-likeness (QED) is 0.711. The number of nitrogens with one attached hydrogen (secondary N) is 1. The van der Waals surface area contributed by atoms with Crippen LogP contribution < -0.4 is 15.0 Å². The van der Waals surface area contributed by atoms with Crippen molar-refractivity contribution in [3.05, 3.63) is 72.4 Å². The zero-order chi connectivity index (χ0) is 19.2. The third-order valence-corrected chi connectivity index (χ3v) is 4.80. The summed E-state index contributed by atoms with van der Waals surface area (Å²) in [5.41, 5.74) is 2.12. The molecule has 1 fully saturated rings.